The minimum absolute atomic E-state index is 0.0694. The average Bonchev–Trinajstić information content (AvgIpc) is 2.72. The molecule has 7 heteroatoms. The molecule has 0 fully saturated rings. The molecular weight excluding hydrogens is 342 g/mol. The molecule has 0 aromatic heterocycles. The Hall–Kier alpha value is -2.86. The average molecular weight is 358 g/mol. The molecule has 2 aromatic rings. The Morgan fingerprint density at radius 1 is 1.08 bits per heavy atom. The lowest BCUT2D eigenvalue weighted by molar-refractivity contribution is -0.118. The molecule has 0 radical (unpaired) electrons. The number of amides is 3. The maximum absolute atomic E-state index is 12.3. The molecule has 1 unspecified atom stereocenters. The van der Waals surface area contributed by atoms with Crippen molar-refractivity contribution in [2.75, 3.05) is 10.6 Å². The van der Waals surface area contributed by atoms with E-state index in [0.717, 1.165) is 0 Å². The Kier molecular flexibility index (Phi) is 5.00. The van der Waals surface area contributed by atoms with Crippen LogP contribution in [0.1, 0.15) is 23.2 Å². The van der Waals surface area contributed by atoms with E-state index in [4.69, 9.17) is 11.6 Å². The van der Waals surface area contributed by atoms with Crippen LogP contribution in [0, 0.1) is 0 Å². The summed E-state index contributed by atoms with van der Waals surface area (Å²) < 4.78 is 0. The highest BCUT2D eigenvalue weighted by Crippen LogP contribution is 2.22. The largest absolute Gasteiger partial charge is 0.340 e. The summed E-state index contributed by atoms with van der Waals surface area (Å²) in [6, 6.07) is 12.9. The monoisotopic (exact) mass is 357 g/mol. The highest BCUT2D eigenvalue weighted by atomic mass is 35.5. The van der Waals surface area contributed by atoms with E-state index in [1.165, 1.54) is 0 Å². The van der Waals surface area contributed by atoms with Crippen LogP contribution >= 0.6 is 11.6 Å². The van der Waals surface area contributed by atoms with Crippen molar-refractivity contribution in [3.05, 3.63) is 59.1 Å². The van der Waals surface area contributed by atoms with Gasteiger partial charge in [-0.1, -0.05) is 35.9 Å². The van der Waals surface area contributed by atoms with Crippen molar-refractivity contribution in [1.29, 1.82) is 0 Å². The molecule has 0 saturated heterocycles. The Morgan fingerprint density at radius 2 is 1.80 bits per heavy atom. The maximum atomic E-state index is 12.3. The number of carbonyl (C=O) groups is 3. The van der Waals surface area contributed by atoms with Gasteiger partial charge in [-0.25, -0.2) is 0 Å². The molecule has 128 valence electrons. The lowest BCUT2D eigenvalue weighted by atomic mass is 10.1. The summed E-state index contributed by atoms with van der Waals surface area (Å²) in [7, 11) is 0. The predicted octanol–water partition coefficient (Wildman–Crippen LogP) is 2.81. The second kappa shape index (κ2) is 7.36. The third-order valence-corrected chi connectivity index (χ3v) is 4.19. The summed E-state index contributed by atoms with van der Waals surface area (Å²) >= 11 is 6.00. The number of fused-ring (bicyclic) bond motifs is 1. The zero-order valence-electron chi connectivity index (χ0n) is 13.2. The summed E-state index contributed by atoms with van der Waals surface area (Å²) in [5.74, 6) is -0.966. The Bertz CT molecular complexity index is 838. The molecule has 1 atom stereocenters. The molecule has 2 aromatic carbocycles. The number of nitrogens with one attached hydrogen (secondary N) is 3. The molecule has 0 saturated carbocycles. The summed E-state index contributed by atoms with van der Waals surface area (Å²) in [4.78, 5) is 36.6. The SMILES string of the molecule is O=C(CCC1NC(=O)c2ccccc2NC1=O)Nc1ccccc1Cl. The first-order valence-electron chi connectivity index (χ1n) is 7.80. The first-order valence-corrected chi connectivity index (χ1v) is 8.17. The lowest BCUT2D eigenvalue weighted by Crippen LogP contribution is -2.41. The van der Waals surface area contributed by atoms with Crippen LogP contribution < -0.4 is 16.0 Å². The van der Waals surface area contributed by atoms with Gasteiger partial charge in [-0.2, -0.15) is 0 Å². The van der Waals surface area contributed by atoms with E-state index in [9.17, 15) is 14.4 Å². The number of hydrogen-bond acceptors (Lipinski definition) is 3. The van der Waals surface area contributed by atoms with Crippen LogP contribution in [0.2, 0.25) is 5.02 Å². The fourth-order valence-corrected chi connectivity index (χ4v) is 2.75. The zero-order chi connectivity index (χ0) is 17.8. The van der Waals surface area contributed by atoms with Crippen LogP contribution in [0.15, 0.2) is 48.5 Å². The van der Waals surface area contributed by atoms with Gasteiger partial charge >= 0.3 is 0 Å². The normalized spacial score (nSPS) is 16.3. The molecule has 0 aliphatic carbocycles. The number of anilines is 2. The van der Waals surface area contributed by atoms with Crippen LogP contribution in [0.5, 0.6) is 0 Å². The molecular formula is C18H16ClN3O3. The lowest BCUT2D eigenvalue weighted by Gasteiger charge is -2.14. The number of para-hydroxylation sites is 2. The Balaban J connectivity index is 1.62. The van der Waals surface area contributed by atoms with E-state index >= 15 is 0 Å². The van der Waals surface area contributed by atoms with E-state index < -0.39 is 6.04 Å². The van der Waals surface area contributed by atoms with Crippen LogP contribution in [0.4, 0.5) is 11.4 Å². The zero-order valence-corrected chi connectivity index (χ0v) is 14.0. The van der Waals surface area contributed by atoms with E-state index in [1.807, 2.05) is 0 Å². The van der Waals surface area contributed by atoms with Gasteiger partial charge in [-0.05, 0) is 30.7 Å². The topological polar surface area (TPSA) is 87.3 Å². The summed E-state index contributed by atoms with van der Waals surface area (Å²) in [6.45, 7) is 0. The van der Waals surface area contributed by atoms with Crippen LogP contribution in [-0.4, -0.2) is 23.8 Å². The number of halogens is 1. The Morgan fingerprint density at radius 3 is 2.60 bits per heavy atom. The minimum atomic E-state index is -0.781. The maximum Gasteiger partial charge on any atom is 0.254 e. The molecule has 0 bridgehead atoms. The van der Waals surface area contributed by atoms with E-state index in [1.54, 1.807) is 48.5 Å². The fourth-order valence-electron chi connectivity index (χ4n) is 2.57. The first-order chi connectivity index (χ1) is 12.0. The van der Waals surface area contributed by atoms with Gasteiger partial charge in [0.1, 0.15) is 6.04 Å². The quantitative estimate of drug-likeness (QED) is 0.786. The van der Waals surface area contributed by atoms with Crippen molar-refractivity contribution in [3.63, 3.8) is 0 Å². The van der Waals surface area contributed by atoms with E-state index in [0.29, 0.717) is 22.0 Å². The third kappa shape index (κ3) is 3.97. The second-order valence-electron chi connectivity index (χ2n) is 5.63. The molecule has 6 nitrogen and oxygen atoms in total. The molecule has 1 aliphatic rings. The number of benzene rings is 2. The fraction of sp³-hybridized carbons (Fsp3) is 0.167. The van der Waals surface area contributed by atoms with Gasteiger partial charge in [0.25, 0.3) is 5.91 Å². The molecule has 3 amide bonds. The van der Waals surface area contributed by atoms with Gasteiger partial charge in [-0.15, -0.1) is 0 Å². The smallest absolute Gasteiger partial charge is 0.254 e. The number of hydrogen-bond donors (Lipinski definition) is 3. The predicted molar refractivity (Wildman–Crippen MR) is 95.6 cm³/mol. The first kappa shape index (κ1) is 17.0. The van der Waals surface area contributed by atoms with Crippen LogP contribution in [0.25, 0.3) is 0 Å². The number of carbonyl (C=O) groups excluding carboxylic acids is 3. The molecule has 25 heavy (non-hydrogen) atoms. The van der Waals surface area contributed by atoms with Crippen molar-refractivity contribution in [1.82, 2.24) is 5.32 Å². The summed E-state index contributed by atoms with van der Waals surface area (Å²) in [5, 5.41) is 8.50. The van der Waals surface area contributed by atoms with Crippen molar-refractivity contribution < 1.29 is 14.4 Å². The van der Waals surface area contributed by atoms with Crippen LogP contribution in [-0.2, 0) is 9.59 Å². The van der Waals surface area contributed by atoms with Crippen molar-refractivity contribution in [2.45, 2.75) is 18.9 Å². The van der Waals surface area contributed by atoms with Crippen molar-refractivity contribution in [2.24, 2.45) is 0 Å². The van der Waals surface area contributed by atoms with Gasteiger partial charge in [-0.3, -0.25) is 14.4 Å². The molecule has 0 spiro atoms. The highest BCUT2D eigenvalue weighted by molar-refractivity contribution is 6.33. The molecule has 1 aliphatic heterocycles. The minimum Gasteiger partial charge on any atom is -0.340 e. The van der Waals surface area contributed by atoms with Crippen LogP contribution in [0.3, 0.4) is 0 Å². The standard InChI is InChI=1S/C18H16ClN3O3/c19-12-6-2-4-8-14(12)20-16(23)10-9-15-18(25)21-13-7-3-1-5-11(13)17(24)22-15/h1-8,15H,9-10H2,(H,20,23)(H,21,25)(H,22,24). The van der Waals surface area contributed by atoms with E-state index in [-0.39, 0.29) is 30.6 Å². The van der Waals surface area contributed by atoms with Gasteiger partial charge in [0.2, 0.25) is 11.8 Å². The summed E-state index contributed by atoms with van der Waals surface area (Å²) in [6.07, 6.45) is 0.252. The molecule has 3 rings (SSSR count). The van der Waals surface area contributed by atoms with Crippen molar-refractivity contribution in [3.8, 4) is 0 Å². The highest BCUT2D eigenvalue weighted by Gasteiger charge is 2.27. The summed E-state index contributed by atoms with van der Waals surface area (Å²) in [5.41, 5.74) is 1.38. The molecule has 1 heterocycles. The second-order valence-corrected chi connectivity index (χ2v) is 6.03. The van der Waals surface area contributed by atoms with Gasteiger partial charge in [0, 0.05) is 6.42 Å². The van der Waals surface area contributed by atoms with Crippen molar-refractivity contribution >= 4 is 40.7 Å². The van der Waals surface area contributed by atoms with E-state index in [2.05, 4.69) is 16.0 Å². The third-order valence-electron chi connectivity index (χ3n) is 3.86. The Labute approximate surface area is 149 Å². The number of rotatable bonds is 4. The molecule has 3 N–H and O–H groups in total. The van der Waals surface area contributed by atoms with Gasteiger partial charge < -0.3 is 16.0 Å². The van der Waals surface area contributed by atoms with Gasteiger partial charge in [0.05, 0.1) is 22.0 Å². The van der Waals surface area contributed by atoms with Gasteiger partial charge in [0.15, 0.2) is 0 Å².